The molecule has 1 aliphatic rings. The van der Waals surface area contributed by atoms with Crippen molar-refractivity contribution in [3.8, 4) is 0 Å². The number of aromatic nitrogens is 2. The maximum atomic E-state index is 13.5. The first-order valence-corrected chi connectivity index (χ1v) is 11.4. The van der Waals surface area contributed by atoms with E-state index in [-0.39, 0.29) is 5.82 Å². The highest BCUT2D eigenvalue weighted by Gasteiger charge is 2.38. The van der Waals surface area contributed by atoms with Crippen LogP contribution < -0.4 is 10.2 Å². The topological polar surface area (TPSA) is 78.4 Å². The van der Waals surface area contributed by atoms with E-state index >= 15 is 0 Å². The van der Waals surface area contributed by atoms with E-state index in [2.05, 4.69) is 50.0 Å². The molecule has 192 valence electrons. The summed E-state index contributed by atoms with van der Waals surface area (Å²) in [5.74, 6) is -1.31. The summed E-state index contributed by atoms with van der Waals surface area (Å²) in [4.78, 5) is 20.7. The number of halogens is 4. The fourth-order valence-corrected chi connectivity index (χ4v) is 4.21. The number of carboxylic acid groups (broad SMARTS) is 1. The fourth-order valence-electron chi connectivity index (χ4n) is 4.21. The second-order valence-electron chi connectivity index (χ2n) is 8.75. The zero-order chi connectivity index (χ0) is 26.6. The van der Waals surface area contributed by atoms with E-state index in [0.717, 1.165) is 48.7 Å². The number of alkyl halides is 3. The maximum Gasteiger partial charge on any atom is 0.490 e. The van der Waals surface area contributed by atoms with Crippen LogP contribution in [0.15, 0.2) is 36.4 Å². The van der Waals surface area contributed by atoms with Gasteiger partial charge in [0.25, 0.3) is 0 Å². The molecule has 2 N–H and O–H groups in total. The average molecular weight is 505 g/mol. The van der Waals surface area contributed by atoms with Gasteiger partial charge in [-0.05, 0) is 69.4 Å². The van der Waals surface area contributed by atoms with Crippen molar-refractivity contribution in [2.45, 2.75) is 46.7 Å². The van der Waals surface area contributed by atoms with Crippen molar-refractivity contribution in [3.05, 3.63) is 75.7 Å². The van der Waals surface area contributed by atoms with Crippen molar-refractivity contribution >= 4 is 23.4 Å². The van der Waals surface area contributed by atoms with Gasteiger partial charge in [0.15, 0.2) is 0 Å². The SMILES string of the molecule is Cc1cc(C)c(Nc2nc(C)c3c(n2)N(CCc2cccc(F)c2)CC3)c(C)c1.O=C(O)C(F)(F)F. The van der Waals surface area contributed by atoms with Crippen molar-refractivity contribution < 1.29 is 27.5 Å². The van der Waals surface area contributed by atoms with Crippen LogP contribution in [0.1, 0.15) is 33.5 Å². The number of aliphatic carboxylic acids is 1. The number of anilines is 3. The normalized spacial score (nSPS) is 12.6. The molecule has 0 aliphatic carbocycles. The maximum absolute atomic E-state index is 13.5. The van der Waals surface area contributed by atoms with Gasteiger partial charge < -0.3 is 15.3 Å². The van der Waals surface area contributed by atoms with Crippen molar-refractivity contribution in [2.75, 3.05) is 23.3 Å². The van der Waals surface area contributed by atoms with E-state index in [0.29, 0.717) is 5.95 Å². The molecule has 2 aromatic carbocycles. The summed E-state index contributed by atoms with van der Waals surface area (Å²) in [5.41, 5.74) is 7.94. The number of nitrogens with zero attached hydrogens (tertiary/aromatic N) is 3. The Morgan fingerprint density at radius 2 is 1.72 bits per heavy atom. The van der Waals surface area contributed by atoms with E-state index in [1.807, 2.05) is 6.07 Å². The summed E-state index contributed by atoms with van der Waals surface area (Å²) in [6.07, 6.45) is -3.34. The van der Waals surface area contributed by atoms with Gasteiger partial charge in [-0.15, -0.1) is 0 Å². The number of nitrogens with one attached hydrogen (secondary N) is 1. The number of aryl methyl sites for hydroxylation is 4. The molecule has 0 bridgehead atoms. The molecule has 36 heavy (non-hydrogen) atoms. The molecule has 0 saturated heterocycles. The van der Waals surface area contributed by atoms with Gasteiger partial charge in [0.2, 0.25) is 5.95 Å². The summed E-state index contributed by atoms with van der Waals surface area (Å²) >= 11 is 0. The van der Waals surface area contributed by atoms with E-state index in [1.54, 1.807) is 12.1 Å². The highest BCUT2D eigenvalue weighted by atomic mass is 19.4. The Morgan fingerprint density at radius 3 is 2.31 bits per heavy atom. The van der Waals surface area contributed by atoms with Crippen molar-refractivity contribution in [2.24, 2.45) is 0 Å². The average Bonchev–Trinajstić information content (AvgIpc) is 3.18. The van der Waals surface area contributed by atoms with Gasteiger partial charge >= 0.3 is 12.1 Å². The summed E-state index contributed by atoms with van der Waals surface area (Å²) in [7, 11) is 0. The molecule has 4 rings (SSSR count). The number of benzene rings is 2. The minimum Gasteiger partial charge on any atom is -0.475 e. The Kier molecular flexibility index (Phi) is 8.17. The molecule has 0 fully saturated rings. The van der Waals surface area contributed by atoms with Crippen LogP contribution in [0, 0.1) is 33.5 Å². The first kappa shape index (κ1) is 26.9. The van der Waals surface area contributed by atoms with Gasteiger partial charge in [0.1, 0.15) is 11.6 Å². The molecule has 1 aromatic heterocycles. The Morgan fingerprint density at radius 1 is 1.08 bits per heavy atom. The van der Waals surface area contributed by atoms with E-state index in [9.17, 15) is 17.6 Å². The first-order valence-electron chi connectivity index (χ1n) is 11.4. The smallest absolute Gasteiger partial charge is 0.475 e. The second kappa shape index (κ2) is 10.9. The van der Waals surface area contributed by atoms with Crippen molar-refractivity contribution in [3.63, 3.8) is 0 Å². The van der Waals surface area contributed by atoms with Gasteiger partial charge in [-0.25, -0.2) is 14.2 Å². The second-order valence-corrected chi connectivity index (χ2v) is 8.75. The van der Waals surface area contributed by atoms with Gasteiger partial charge in [-0.2, -0.15) is 18.2 Å². The number of fused-ring (bicyclic) bond motifs is 1. The van der Waals surface area contributed by atoms with Crippen LogP contribution in [0.3, 0.4) is 0 Å². The molecule has 2 heterocycles. The lowest BCUT2D eigenvalue weighted by atomic mass is 10.1. The number of hydrogen-bond acceptors (Lipinski definition) is 5. The Bertz CT molecular complexity index is 1240. The Balaban J connectivity index is 0.000000454. The third-order valence-electron chi connectivity index (χ3n) is 5.84. The number of carboxylic acids is 1. The van der Waals surface area contributed by atoms with E-state index < -0.39 is 12.1 Å². The number of rotatable bonds is 5. The third-order valence-corrected chi connectivity index (χ3v) is 5.84. The number of carbonyl (C=O) groups is 1. The van der Waals surface area contributed by atoms with E-state index in [1.165, 1.54) is 28.3 Å². The van der Waals surface area contributed by atoms with Gasteiger partial charge in [0.05, 0.1) is 0 Å². The minimum atomic E-state index is -5.08. The fraction of sp³-hybridized carbons (Fsp3) is 0.346. The lowest BCUT2D eigenvalue weighted by molar-refractivity contribution is -0.192. The molecule has 0 amide bonds. The van der Waals surface area contributed by atoms with Crippen LogP contribution in [0.4, 0.5) is 35.0 Å². The number of hydrogen-bond donors (Lipinski definition) is 2. The molecule has 0 atom stereocenters. The summed E-state index contributed by atoms with van der Waals surface area (Å²) < 4.78 is 45.2. The minimum absolute atomic E-state index is 0.183. The highest BCUT2D eigenvalue weighted by Crippen LogP contribution is 2.31. The van der Waals surface area contributed by atoms with Crippen LogP contribution in [-0.4, -0.2) is 40.3 Å². The molecule has 0 spiro atoms. The third kappa shape index (κ3) is 6.71. The molecule has 0 radical (unpaired) electrons. The molecule has 3 aromatic rings. The Hall–Kier alpha value is -3.69. The summed E-state index contributed by atoms with van der Waals surface area (Å²) in [6, 6.07) is 11.2. The first-order chi connectivity index (χ1) is 16.8. The van der Waals surface area contributed by atoms with Crippen LogP contribution in [-0.2, 0) is 17.6 Å². The quantitative estimate of drug-likeness (QED) is 0.426. The van der Waals surface area contributed by atoms with Gasteiger partial charge in [0, 0.05) is 30.0 Å². The van der Waals surface area contributed by atoms with Crippen molar-refractivity contribution in [1.82, 2.24) is 9.97 Å². The summed E-state index contributed by atoms with van der Waals surface area (Å²) in [6.45, 7) is 10.1. The van der Waals surface area contributed by atoms with Gasteiger partial charge in [-0.1, -0.05) is 29.8 Å². The standard InChI is InChI=1S/C24H27FN4.C2HF3O2/c1-15-12-16(2)22(17(3)13-15)27-24-26-18(4)21-9-11-29(23(21)28-24)10-8-19-6-5-7-20(25)14-19;3-2(4,5)1(6)7/h5-7,12-14H,8-11H2,1-4H3,(H,26,27,28);(H,6,7). The molecule has 0 unspecified atom stereocenters. The largest absolute Gasteiger partial charge is 0.490 e. The predicted molar refractivity (Wildman–Crippen MR) is 130 cm³/mol. The predicted octanol–water partition coefficient (Wildman–Crippen LogP) is 5.83. The monoisotopic (exact) mass is 504 g/mol. The van der Waals surface area contributed by atoms with Crippen molar-refractivity contribution in [1.29, 1.82) is 0 Å². The van der Waals surface area contributed by atoms with Crippen LogP contribution in [0.2, 0.25) is 0 Å². The molecule has 1 aliphatic heterocycles. The van der Waals surface area contributed by atoms with E-state index in [4.69, 9.17) is 19.9 Å². The molecule has 6 nitrogen and oxygen atoms in total. The molecular weight excluding hydrogens is 476 g/mol. The lowest BCUT2D eigenvalue weighted by Crippen LogP contribution is -2.24. The highest BCUT2D eigenvalue weighted by molar-refractivity contribution is 5.73. The van der Waals surface area contributed by atoms with Crippen LogP contribution in [0.25, 0.3) is 0 Å². The molecular formula is C26H28F4N4O2. The zero-order valence-electron chi connectivity index (χ0n) is 20.5. The summed E-state index contributed by atoms with van der Waals surface area (Å²) in [5, 5.41) is 10.6. The zero-order valence-corrected chi connectivity index (χ0v) is 20.5. The molecule has 0 saturated carbocycles. The lowest BCUT2D eigenvalue weighted by Gasteiger charge is -2.20. The van der Waals surface area contributed by atoms with Gasteiger partial charge in [-0.3, -0.25) is 0 Å². The Labute approximate surface area is 207 Å². The molecule has 10 heteroatoms. The van der Waals surface area contributed by atoms with Crippen LogP contribution >= 0.6 is 0 Å². The van der Waals surface area contributed by atoms with Crippen LogP contribution in [0.5, 0.6) is 0 Å².